The maximum absolute atomic E-state index is 6.07. The first-order chi connectivity index (χ1) is 8.76. The third-order valence-corrected chi connectivity index (χ3v) is 4.78. The summed E-state index contributed by atoms with van der Waals surface area (Å²) in [7, 11) is 1.75. The molecule has 18 heavy (non-hydrogen) atoms. The molecule has 1 saturated carbocycles. The molecule has 0 aliphatic heterocycles. The molecule has 1 fully saturated rings. The van der Waals surface area contributed by atoms with Gasteiger partial charge in [-0.2, -0.15) is 0 Å². The molecule has 98 valence electrons. The first kappa shape index (κ1) is 12.5. The second-order valence-electron chi connectivity index (χ2n) is 5.56. The van der Waals surface area contributed by atoms with Gasteiger partial charge < -0.3 is 10.1 Å². The number of halogens is 1. The zero-order valence-corrected chi connectivity index (χ0v) is 11.6. The van der Waals surface area contributed by atoms with Crippen LogP contribution in [0.5, 0.6) is 0 Å². The van der Waals surface area contributed by atoms with Gasteiger partial charge in [0.15, 0.2) is 0 Å². The van der Waals surface area contributed by atoms with E-state index in [1.54, 1.807) is 12.7 Å². The molecular weight excluding hydrogens is 246 g/mol. The van der Waals surface area contributed by atoms with Gasteiger partial charge in [0.25, 0.3) is 0 Å². The summed E-state index contributed by atoms with van der Waals surface area (Å²) in [6.45, 7) is 2.87. The van der Waals surface area contributed by atoms with E-state index in [0.717, 1.165) is 30.6 Å². The van der Waals surface area contributed by atoms with Crippen LogP contribution in [0.25, 0.3) is 0 Å². The van der Waals surface area contributed by atoms with Crippen LogP contribution >= 0.6 is 11.6 Å². The Kier molecular flexibility index (Phi) is 3.35. The lowest BCUT2D eigenvalue weighted by Crippen LogP contribution is -2.24. The molecule has 3 rings (SSSR count). The van der Waals surface area contributed by atoms with Gasteiger partial charge in [0.05, 0.1) is 6.61 Å². The second kappa shape index (κ2) is 4.84. The van der Waals surface area contributed by atoms with Crippen LogP contribution in [0.2, 0.25) is 5.02 Å². The molecule has 2 unspecified atom stereocenters. The molecular formula is C15H20ClNO. The number of aryl methyl sites for hydroxylation is 1. The zero-order valence-electron chi connectivity index (χ0n) is 10.8. The summed E-state index contributed by atoms with van der Waals surface area (Å²) in [5.74, 6) is 0.803. The number of fused-ring (bicyclic) bond motifs is 2. The minimum absolute atomic E-state index is 0.472. The fourth-order valence-corrected chi connectivity index (χ4v) is 3.68. The van der Waals surface area contributed by atoms with Crippen molar-refractivity contribution in [1.29, 1.82) is 0 Å². The molecule has 1 aromatic carbocycles. The number of ether oxygens (including phenoxy) is 1. The Balaban J connectivity index is 1.63. The maximum Gasteiger partial charge on any atom is 0.0587 e. The summed E-state index contributed by atoms with van der Waals surface area (Å²) in [4.78, 5) is 0. The molecule has 0 aromatic heterocycles. The summed E-state index contributed by atoms with van der Waals surface area (Å²) in [6, 6.07) is 6.44. The average Bonchev–Trinajstić information content (AvgIpc) is 2.94. The first-order valence-electron chi connectivity index (χ1n) is 6.75. The third-order valence-electron chi connectivity index (χ3n) is 4.55. The molecule has 0 saturated heterocycles. The Bertz CT molecular complexity index is 448. The number of nitrogens with one attached hydrogen (secondary N) is 1. The van der Waals surface area contributed by atoms with Crippen molar-refractivity contribution >= 4 is 11.6 Å². The summed E-state index contributed by atoms with van der Waals surface area (Å²) in [5, 5.41) is 4.37. The van der Waals surface area contributed by atoms with Gasteiger partial charge in [-0.05, 0) is 55.0 Å². The standard InChI is InChI=1S/C15H20ClNO/c1-18-7-6-17-10-12-9-15(12)5-4-11-8-13(16)2-3-14(11)15/h2-3,8,12,17H,4-7,9-10H2,1H3. The van der Waals surface area contributed by atoms with Crippen molar-refractivity contribution in [3.8, 4) is 0 Å². The Hall–Kier alpha value is -0.570. The van der Waals surface area contributed by atoms with Crippen molar-refractivity contribution < 1.29 is 4.74 Å². The van der Waals surface area contributed by atoms with E-state index in [4.69, 9.17) is 16.3 Å². The topological polar surface area (TPSA) is 21.3 Å². The SMILES string of the molecule is COCCNCC1CC12CCc1cc(Cl)ccc12. The molecule has 0 bridgehead atoms. The van der Waals surface area contributed by atoms with Crippen LogP contribution in [0.3, 0.4) is 0 Å². The van der Waals surface area contributed by atoms with Crippen LogP contribution < -0.4 is 5.32 Å². The summed E-state index contributed by atoms with van der Waals surface area (Å²) >= 11 is 6.07. The predicted molar refractivity (Wildman–Crippen MR) is 74.3 cm³/mol. The lowest BCUT2D eigenvalue weighted by atomic mass is 9.95. The number of benzene rings is 1. The van der Waals surface area contributed by atoms with E-state index in [1.807, 2.05) is 6.07 Å². The van der Waals surface area contributed by atoms with Crippen LogP contribution in [-0.2, 0) is 16.6 Å². The van der Waals surface area contributed by atoms with Crippen LogP contribution in [0, 0.1) is 5.92 Å². The molecule has 0 heterocycles. The van der Waals surface area contributed by atoms with Crippen LogP contribution in [0.4, 0.5) is 0 Å². The second-order valence-corrected chi connectivity index (χ2v) is 5.99. The minimum Gasteiger partial charge on any atom is -0.383 e. The normalized spacial score (nSPS) is 28.7. The van der Waals surface area contributed by atoms with Gasteiger partial charge in [0.2, 0.25) is 0 Å². The molecule has 3 heteroatoms. The van der Waals surface area contributed by atoms with Crippen LogP contribution in [0.15, 0.2) is 18.2 Å². The third kappa shape index (κ3) is 2.07. The lowest BCUT2D eigenvalue weighted by Gasteiger charge is -2.12. The Morgan fingerprint density at radius 2 is 2.39 bits per heavy atom. The summed E-state index contributed by atoms with van der Waals surface area (Å²) < 4.78 is 5.05. The van der Waals surface area contributed by atoms with Crippen molar-refractivity contribution in [2.24, 2.45) is 5.92 Å². The highest BCUT2D eigenvalue weighted by Gasteiger charge is 2.57. The molecule has 2 aliphatic rings. The van der Waals surface area contributed by atoms with Crippen molar-refractivity contribution in [3.05, 3.63) is 34.3 Å². The van der Waals surface area contributed by atoms with E-state index in [-0.39, 0.29) is 0 Å². The number of rotatable bonds is 5. The highest BCUT2D eigenvalue weighted by molar-refractivity contribution is 6.30. The largest absolute Gasteiger partial charge is 0.383 e. The molecule has 1 aromatic rings. The van der Waals surface area contributed by atoms with Crippen LogP contribution in [0.1, 0.15) is 24.0 Å². The molecule has 0 radical (unpaired) electrons. The quantitative estimate of drug-likeness (QED) is 0.827. The smallest absolute Gasteiger partial charge is 0.0587 e. The first-order valence-corrected chi connectivity index (χ1v) is 7.12. The van der Waals surface area contributed by atoms with Crippen molar-refractivity contribution in [3.63, 3.8) is 0 Å². The molecule has 2 atom stereocenters. The van der Waals surface area contributed by atoms with Crippen LogP contribution in [-0.4, -0.2) is 26.8 Å². The van der Waals surface area contributed by atoms with E-state index in [9.17, 15) is 0 Å². The van der Waals surface area contributed by atoms with Gasteiger partial charge in [-0.3, -0.25) is 0 Å². The lowest BCUT2D eigenvalue weighted by molar-refractivity contribution is 0.199. The van der Waals surface area contributed by atoms with Gasteiger partial charge in [0.1, 0.15) is 0 Å². The monoisotopic (exact) mass is 265 g/mol. The Labute approximate surface area is 114 Å². The van der Waals surface area contributed by atoms with E-state index >= 15 is 0 Å². The van der Waals surface area contributed by atoms with Crippen molar-refractivity contribution in [1.82, 2.24) is 5.32 Å². The van der Waals surface area contributed by atoms with Gasteiger partial charge in [0, 0.05) is 24.1 Å². The Morgan fingerprint density at radius 1 is 1.50 bits per heavy atom. The fraction of sp³-hybridized carbons (Fsp3) is 0.600. The molecule has 2 aliphatic carbocycles. The Morgan fingerprint density at radius 3 is 3.22 bits per heavy atom. The minimum atomic E-state index is 0.472. The number of methoxy groups -OCH3 is 1. The van der Waals surface area contributed by atoms with Gasteiger partial charge in [-0.15, -0.1) is 0 Å². The van der Waals surface area contributed by atoms with Gasteiger partial charge in [-0.25, -0.2) is 0 Å². The fourth-order valence-electron chi connectivity index (χ4n) is 3.48. The van der Waals surface area contributed by atoms with E-state index in [2.05, 4.69) is 17.4 Å². The molecule has 1 spiro atoms. The van der Waals surface area contributed by atoms with Crippen molar-refractivity contribution in [2.45, 2.75) is 24.7 Å². The highest BCUT2D eigenvalue weighted by Crippen LogP contribution is 2.61. The number of hydrogen-bond acceptors (Lipinski definition) is 2. The summed E-state index contributed by atoms with van der Waals surface area (Å²) in [6.07, 6.45) is 3.84. The zero-order chi connectivity index (χ0) is 12.6. The van der Waals surface area contributed by atoms with Gasteiger partial charge in [-0.1, -0.05) is 17.7 Å². The predicted octanol–water partition coefficient (Wildman–Crippen LogP) is 2.78. The molecule has 0 amide bonds. The highest BCUT2D eigenvalue weighted by atomic mass is 35.5. The maximum atomic E-state index is 6.07. The van der Waals surface area contributed by atoms with E-state index in [0.29, 0.717) is 5.41 Å². The van der Waals surface area contributed by atoms with Gasteiger partial charge >= 0.3 is 0 Å². The van der Waals surface area contributed by atoms with Crippen molar-refractivity contribution in [2.75, 3.05) is 26.8 Å². The number of hydrogen-bond donors (Lipinski definition) is 1. The van der Waals surface area contributed by atoms with E-state index < -0.39 is 0 Å². The average molecular weight is 266 g/mol. The summed E-state index contributed by atoms with van der Waals surface area (Å²) in [5.41, 5.74) is 3.51. The molecule has 2 nitrogen and oxygen atoms in total. The molecule has 1 N–H and O–H groups in total. The van der Waals surface area contributed by atoms with E-state index in [1.165, 1.54) is 24.8 Å².